The van der Waals surface area contributed by atoms with Crippen molar-refractivity contribution in [3.8, 4) is 0 Å². The number of morpholine rings is 1. The van der Waals surface area contributed by atoms with E-state index in [-0.39, 0.29) is 11.9 Å². The zero-order valence-corrected chi connectivity index (χ0v) is 15.1. The molecule has 2 heterocycles. The quantitative estimate of drug-likeness (QED) is 0.433. The molecule has 0 spiro atoms. The molecule has 0 aromatic heterocycles. The van der Waals surface area contributed by atoms with E-state index in [9.17, 15) is 4.79 Å². The van der Waals surface area contributed by atoms with Crippen LogP contribution in [0, 0.1) is 5.92 Å². The highest BCUT2D eigenvalue weighted by Gasteiger charge is 2.27. The van der Waals surface area contributed by atoms with Crippen molar-refractivity contribution in [3.63, 3.8) is 0 Å². The number of likely N-dealkylation sites (tertiary alicyclic amines) is 1. The molecule has 2 fully saturated rings. The molecule has 0 unspecified atom stereocenters. The number of guanidine groups is 1. The van der Waals surface area contributed by atoms with Crippen molar-refractivity contribution >= 4 is 11.9 Å². The van der Waals surface area contributed by atoms with Crippen LogP contribution in [0.5, 0.6) is 0 Å². The predicted molar refractivity (Wildman–Crippen MR) is 94.2 cm³/mol. The van der Waals surface area contributed by atoms with Crippen LogP contribution in [-0.2, 0) is 14.3 Å². The summed E-state index contributed by atoms with van der Waals surface area (Å²) in [7, 11) is 0. The second-order valence-electron chi connectivity index (χ2n) is 6.20. The van der Waals surface area contributed by atoms with E-state index in [1.165, 1.54) is 0 Å². The summed E-state index contributed by atoms with van der Waals surface area (Å²) in [6.07, 6.45) is 1.68. The molecule has 2 aliphatic heterocycles. The lowest BCUT2D eigenvalue weighted by molar-refractivity contribution is -0.149. The summed E-state index contributed by atoms with van der Waals surface area (Å²) in [5, 5.41) is 3.38. The standard InChI is InChI=1S/C17H32N4O3/c1-3-18-17(19-7-10-20-11-13-23-14-12-20)21-8-5-15(6-9-21)16(22)24-4-2/h15H,3-14H2,1-2H3,(H,18,19). The van der Waals surface area contributed by atoms with Gasteiger partial charge in [0.25, 0.3) is 0 Å². The third kappa shape index (κ3) is 5.94. The van der Waals surface area contributed by atoms with Crippen LogP contribution in [0.4, 0.5) is 0 Å². The van der Waals surface area contributed by atoms with Crippen LogP contribution in [0.1, 0.15) is 26.7 Å². The van der Waals surface area contributed by atoms with Crippen LogP contribution in [0.3, 0.4) is 0 Å². The van der Waals surface area contributed by atoms with Gasteiger partial charge in [0.1, 0.15) is 0 Å². The van der Waals surface area contributed by atoms with E-state index in [0.717, 1.165) is 77.8 Å². The Labute approximate surface area is 145 Å². The minimum absolute atomic E-state index is 0.0393. The van der Waals surface area contributed by atoms with Crippen molar-refractivity contribution in [2.24, 2.45) is 10.9 Å². The number of esters is 1. The van der Waals surface area contributed by atoms with Crippen LogP contribution >= 0.6 is 0 Å². The van der Waals surface area contributed by atoms with E-state index < -0.39 is 0 Å². The van der Waals surface area contributed by atoms with Gasteiger partial charge >= 0.3 is 5.97 Å². The molecule has 2 saturated heterocycles. The van der Waals surface area contributed by atoms with Gasteiger partial charge in [-0.3, -0.25) is 14.7 Å². The minimum Gasteiger partial charge on any atom is -0.466 e. The monoisotopic (exact) mass is 340 g/mol. The maximum absolute atomic E-state index is 11.8. The van der Waals surface area contributed by atoms with Gasteiger partial charge in [0.2, 0.25) is 0 Å². The number of rotatable bonds is 6. The van der Waals surface area contributed by atoms with Gasteiger partial charge in [0.05, 0.1) is 32.3 Å². The maximum atomic E-state index is 11.8. The van der Waals surface area contributed by atoms with Crippen molar-refractivity contribution in [1.29, 1.82) is 0 Å². The number of hydrogen-bond donors (Lipinski definition) is 1. The molecule has 0 radical (unpaired) electrons. The highest BCUT2D eigenvalue weighted by molar-refractivity contribution is 5.80. The van der Waals surface area contributed by atoms with E-state index in [1.807, 2.05) is 6.92 Å². The normalized spacial score (nSPS) is 20.9. The molecule has 7 nitrogen and oxygen atoms in total. The SMILES string of the molecule is CCNC(=NCCN1CCOCC1)N1CCC(C(=O)OCC)CC1. The molecule has 0 aliphatic carbocycles. The van der Waals surface area contributed by atoms with E-state index in [2.05, 4.69) is 22.0 Å². The van der Waals surface area contributed by atoms with Crippen molar-refractivity contribution in [2.45, 2.75) is 26.7 Å². The molecule has 0 amide bonds. The van der Waals surface area contributed by atoms with Gasteiger partial charge in [0.15, 0.2) is 5.96 Å². The number of carbonyl (C=O) groups excluding carboxylic acids is 1. The fourth-order valence-corrected chi connectivity index (χ4v) is 3.14. The second-order valence-corrected chi connectivity index (χ2v) is 6.20. The molecule has 0 saturated carbocycles. The molecule has 2 aliphatic rings. The number of piperidine rings is 1. The number of carbonyl (C=O) groups is 1. The molecule has 2 rings (SSSR count). The van der Waals surface area contributed by atoms with Crippen LogP contribution in [-0.4, -0.2) is 87.4 Å². The largest absolute Gasteiger partial charge is 0.466 e. The van der Waals surface area contributed by atoms with Gasteiger partial charge in [-0.1, -0.05) is 0 Å². The summed E-state index contributed by atoms with van der Waals surface area (Å²) in [6, 6.07) is 0. The molecule has 1 N–H and O–H groups in total. The Morgan fingerprint density at radius 2 is 1.92 bits per heavy atom. The molecule has 24 heavy (non-hydrogen) atoms. The highest BCUT2D eigenvalue weighted by atomic mass is 16.5. The summed E-state index contributed by atoms with van der Waals surface area (Å²) in [5.41, 5.74) is 0. The highest BCUT2D eigenvalue weighted by Crippen LogP contribution is 2.18. The Balaban J connectivity index is 1.79. The summed E-state index contributed by atoms with van der Waals surface area (Å²) in [6.45, 7) is 12.4. The first-order valence-electron chi connectivity index (χ1n) is 9.24. The van der Waals surface area contributed by atoms with Crippen molar-refractivity contribution in [1.82, 2.24) is 15.1 Å². The Kier molecular flexibility index (Phi) is 8.32. The van der Waals surface area contributed by atoms with Gasteiger partial charge in [-0.15, -0.1) is 0 Å². The zero-order chi connectivity index (χ0) is 17.2. The van der Waals surface area contributed by atoms with Crippen LogP contribution in [0.15, 0.2) is 4.99 Å². The Morgan fingerprint density at radius 1 is 1.21 bits per heavy atom. The van der Waals surface area contributed by atoms with Crippen molar-refractivity contribution < 1.29 is 14.3 Å². The molecular weight excluding hydrogens is 308 g/mol. The fraction of sp³-hybridized carbons (Fsp3) is 0.882. The zero-order valence-electron chi connectivity index (χ0n) is 15.1. The maximum Gasteiger partial charge on any atom is 0.309 e. The molecule has 0 atom stereocenters. The lowest BCUT2D eigenvalue weighted by Gasteiger charge is -2.33. The third-order valence-corrected chi connectivity index (χ3v) is 4.53. The van der Waals surface area contributed by atoms with E-state index >= 15 is 0 Å². The van der Waals surface area contributed by atoms with Crippen LogP contribution < -0.4 is 5.32 Å². The number of ether oxygens (including phenoxy) is 2. The van der Waals surface area contributed by atoms with E-state index in [1.54, 1.807) is 0 Å². The molecule has 0 aromatic carbocycles. The molecule has 138 valence electrons. The Hall–Kier alpha value is -1.34. The van der Waals surface area contributed by atoms with Crippen molar-refractivity contribution in [2.75, 3.05) is 65.6 Å². The molecular formula is C17H32N4O3. The predicted octanol–water partition coefficient (Wildman–Crippen LogP) is 0.559. The van der Waals surface area contributed by atoms with Crippen LogP contribution in [0.2, 0.25) is 0 Å². The van der Waals surface area contributed by atoms with Gasteiger partial charge in [0, 0.05) is 39.3 Å². The summed E-state index contributed by atoms with van der Waals surface area (Å²) >= 11 is 0. The molecule has 7 heteroatoms. The lowest BCUT2D eigenvalue weighted by Crippen LogP contribution is -2.47. The minimum atomic E-state index is -0.0496. The van der Waals surface area contributed by atoms with Crippen LogP contribution in [0.25, 0.3) is 0 Å². The third-order valence-electron chi connectivity index (χ3n) is 4.53. The average molecular weight is 340 g/mol. The number of nitrogens with zero attached hydrogens (tertiary/aromatic N) is 3. The summed E-state index contributed by atoms with van der Waals surface area (Å²) in [5.74, 6) is 0.955. The number of hydrogen-bond acceptors (Lipinski definition) is 5. The lowest BCUT2D eigenvalue weighted by atomic mass is 9.97. The number of aliphatic imine (C=N–C) groups is 1. The summed E-state index contributed by atoms with van der Waals surface area (Å²) in [4.78, 5) is 21.3. The Morgan fingerprint density at radius 3 is 2.54 bits per heavy atom. The fourth-order valence-electron chi connectivity index (χ4n) is 3.14. The van der Waals surface area contributed by atoms with E-state index in [0.29, 0.717) is 6.61 Å². The Bertz CT molecular complexity index is 403. The first-order valence-corrected chi connectivity index (χ1v) is 9.24. The van der Waals surface area contributed by atoms with Gasteiger partial charge < -0.3 is 19.7 Å². The van der Waals surface area contributed by atoms with Gasteiger partial charge in [-0.2, -0.15) is 0 Å². The number of nitrogens with one attached hydrogen (secondary N) is 1. The molecule has 0 aromatic rings. The average Bonchev–Trinajstić information content (AvgIpc) is 2.62. The smallest absolute Gasteiger partial charge is 0.309 e. The van der Waals surface area contributed by atoms with E-state index in [4.69, 9.17) is 14.5 Å². The topological polar surface area (TPSA) is 66.4 Å². The second kappa shape index (κ2) is 10.5. The van der Waals surface area contributed by atoms with Gasteiger partial charge in [-0.05, 0) is 26.7 Å². The summed E-state index contributed by atoms with van der Waals surface area (Å²) < 4.78 is 10.5. The molecule has 0 bridgehead atoms. The first kappa shape index (κ1) is 19.0. The van der Waals surface area contributed by atoms with Crippen molar-refractivity contribution in [3.05, 3.63) is 0 Å². The first-order chi connectivity index (χ1) is 11.7. The van der Waals surface area contributed by atoms with Gasteiger partial charge in [-0.25, -0.2) is 0 Å².